The SMILES string of the molecule is Cc1ccc(N2C(=O)C[C@@H](N3CCC(c4nc5ccccc5s4)CC3)C2=O)cc1Cl. The van der Waals surface area contributed by atoms with E-state index in [1.54, 1.807) is 23.5 Å². The van der Waals surface area contributed by atoms with Gasteiger partial charge in [0.05, 0.1) is 33.4 Å². The first-order chi connectivity index (χ1) is 14.5. The van der Waals surface area contributed by atoms with Gasteiger partial charge in [0, 0.05) is 10.9 Å². The number of benzene rings is 2. The molecule has 2 amide bonds. The van der Waals surface area contributed by atoms with Gasteiger partial charge in [0.25, 0.3) is 5.91 Å². The number of thiazole rings is 1. The maximum atomic E-state index is 13.1. The summed E-state index contributed by atoms with van der Waals surface area (Å²) in [5.74, 6) is 0.120. The van der Waals surface area contributed by atoms with E-state index in [1.165, 1.54) is 14.6 Å². The van der Waals surface area contributed by atoms with Gasteiger partial charge >= 0.3 is 0 Å². The summed E-state index contributed by atoms with van der Waals surface area (Å²) in [6, 6.07) is 13.2. The summed E-state index contributed by atoms with van der Waals surface area (Å²) >= 11 is 7.98. The van der Waals surface area contributed by atoms with Crippen LogP contribution in [0.5, 0.6) is 0 Å². The van der Waals surface area contributed by atoms with Crippen molar-refractivity contribution in [2.24, 2.45) is 0 Å². The Morgan fingerprint density at radius 2 is 1.87 bits per heavy atom. The molecule has 3 heterocycles. The van der Waals surface area contributed by atoms with Crippen LogP contribution < -0.4 is 4.90 Å². The number of para-hydroxylation sites is 1. The zero-order chi connectivity index (χ0) is 20.8. The number of carbonyl (C=O) groups excluding carboxylic acids is 2. The van der Waals surface area contributed by atoms with Crippen LogP contribution in [-0.4, -0.2) is 40.8 Å². The van der Waals surface area contributed by atoms with Gasteiger partial charge in [-0.25, -0.2) is 9.88 Å². The van der Waals surface area contributed by atoms with Gasteiger partial charge in [-0.1, -0.05) is 29.8 Å². The summed E-state index contributed by atoms with van der Waals surface area (Å²) in [7, 11) is 0. The first kappa shape index (κ1) is 19.7. The van der Waals surface area contributed by atoms with Crippen molar-refractivity contribution in [2.75, 3.05) is 18.0 Å². The summed E-state index contributed by atoms with van der Waals surface area (Å²) in [5, 5.41) is 1.74. The molecule has 0 spiro atoms. The number of aromatic nitrogens is 1. The average Bonchev–Trinajstić information content (AvgIpc) is 3.31. The van der Waals surface area contributed by atoms with Crippen molar-refractivity contribution in [1.29, 1.82) is 0 Å². The number of carbonyl (C=O) groups is 2. The summed E-state index contributed by atoms with van der Waals surface area (Å²) in [5.41, 5.74) is 2.55. The molecule has 2 aliphatic rings. The molecule has 5 nitrogen and oxygen atoms in total. The molecule has 0 aliphatic carbocycles. The lowest BCUT2D eigenvalue weighted by Gasteiger charge is -2.34. The molecule has 1 atom stereocenters. The third-order valence-corrected chi connectivity index (χ3v) is 7.77. The number of rotatable bonds is 3. The Kier molecular flexibility index (Phi) is 5.09. The second-order valence-corrected chi connectivity index (χ2v) is 9.52. The van der Waals surface area contributed by atoms with E-state index in [2.05, 4.69) is 17.0 Å². The van der Waals surface area contributed by atoms with E-state index in [1.807, 2.05) is 25.1 Å². The highest BCUT2D eigenvalue weighted by Crippen LogP contribution is 2.36. The Balaban J connectivity index is 1.28. The molecule has 0 N–H and O–H groups in total. The number of amides is 2. The fraction of sp³-hybridized carbons (Fsp3) is 0.348. The van der Waals surface area contributed by atoms with Gasteiger partial charge in [-0.15, -0.1) is 11.3 Å². The molecule has 2 saturated heterocycles. The van der Waals surface area contributed by atoms with Crippen LogP contribution >= 0.6 is 22.9 Å². The van der Waals surface area contributed by atoms with Crippen LogP contribution in [0.25, 0.3) is 10.2 Å². The molecule has 0 radical (unpaired) electrons. The Morgan fingerprint density at radius 1 is 1.10 bits per heavy atom. The van der Waals surface area contributed by atoms with Crippen molar-refractivity contribution in [3.05, 3.63) is 58.1 Å². The first-order valence-electron chi connectivity index (χ1n) is 10.2. The summed E-state index contributed by atoms with van der Waals surface area (Å²) < 4.78 is 1.22. The lowest BCUT2D eigenvalue weighted by atomic mass is 9.96. The molecule has 0 bridgehead atoms. The van der Waals surface area contributed by atoms with Crippen LogP contribution in [0.3, 0.4) is 0 Å². The quantitative estimate of drug-likeness (QED) is 0.551. The van der Waals surface area contributed by atoms with Gasteiger partial charge in [-0.05, 0) is 62.7 Å². The van der Waals surface area contributed by atoms with Crippen LogP contribution in [0.1, 0.15) is 35.8 Å². The molecule has 7 heteroatoms. The molecule has 5 rings (SSSR count). The molecule has 2 aliphatic heterocycles. The van der Waals surface area contributed by atoms with E-state index in [0.717, 1.165) is 37.0 Å². The van der Waals surface area contributed by atoms with Crippen LogP contribution in [0.4, 0.5) is 5.69 Å². The van der Waals surface area contributed by atoms with Crippen LogP contribution in [0, 0.1) is 6.92 Å². The highest BCUT2D eigenvalue weighted by atomic mass is 35.5. The average molecular weight is 440 g/mol. The van der Waals surface area contributed by atoms with Gasteiger partial charge in [0.15, 0.2) is 0 Å². The van der Waals surface area contributed by atoms with E-state index < -0.39 is 0 Å². The number of hydrogen-bond donors (Lipinski definition) is 0. The molecule has 2 aromatic carbocycles. The summed E-state index contributed by atoms with van der Waals surface area (Å²) in [6.45, 7) is 3.50. The van der Waals surface area contributed by atoms with Crippen molar-refractivity contribution < 1.29 is 9.59 Å². The normalized spacial score (nSPS) is 21.1. The smallest absolute Gasteiger partial charge is 0.251 e. The van der Waals surface area contributed by atoms with Crippen molar-refractivity contribution in [1.82, 2.24) is 9.88 Å². The number of likely N-dealkylation sites (tertiary alicyclic amines) is 1. The number of aryl methyl sites for hydroxylation is 1. The number of hydrogen-bond acceptors (Lipinski definition) is 5. The van der Waals surface area contributed by atoms with Crippen molar-refractivity contribution in [2.45, 2.75) is 38.1 Å². The van der Waals surface area contributed by atoms with E-state index in [-0.39, 0.29) is 24.3 Å². The topological polar surface area (TPSA) is 53.5 Å². The van der Waals surface area contributed by atoms with Gasteiger partial charge in [0.1, 0.15) is 0 Å². The molecule has 30 heavy (non-hydrogen) atoms. The van der Waals surface area contributed by atoms with Gasteiger partial charge in [0.2, 0.25) is 5.91 Å². The van der Waals surface area contributed by atoms with E-state index in [0.29, 0.717) is 16.6 Å². The monoisotopic (exact) mass is 439 g/mol. The van der Waals surface area contributed by atoms with E-state index in [4.69, 9.17) is 16.6 Å². The third-order valence-electron chi connectivity index (χ3n) is 6.17. The second-order valence-electron chi connectivity index (χ2n) is 8.05. The summed E-state index contributed by atoms with van der Waals surface area (Å²) in [4.78, 5) is 34.0. The molecular weight excluding hydrogens is 418 g/mol. The van der Waals surface area contributed by atoms with Crippen molar-refractivity contribution in [3.63, 3.8) is 0 Å². The van der Waals surface area contributed by atoms with Crippen LogP contribution in [0.15, 0.2) is 42.5 Å². The minimum Gasteiger partial charge on any atom is -0.291 e. The third kappa shape index (κ3) is 3.43. The first-order valence-corrected chi connectivity index (χ1v) is 11.4. The largest absolute Gasteiger partial charge is 0.291 e. The molecule has 154 valence electrons. The number of halogens is 1. The van der Waals surface area contributed by atoms with Gasteiger partial charge in [-0.3, -0.25) is 14.5 Å². The van der Waals surface area contributed by atoms with Crippen molar-refractivity contribution >= 4 is 50.7 Å². The van der Waals surface area contributed by atoms with E-state index in [9.17, 15) is 9.59 Å². The molecule has 0 saturated carbocycles. The lowest BCUT2D eigenvalue weighted by Crippen LogP contribution is -2.45. The van der Waals surface area contributed by atoms with E-state index >= 15 is 0 Å². The maximum Gasteiger partial charge on any atom is 0.251 e. The fourth-order valence-corrected chi connectivity index (χ4v) is 5.73. The highest BCUT2D eigenvalue weighted by Gasteiger charge is 2.43. The Labute approximate surface area is 184 Å². The number of anilines is 1. The van der Waals surface area contributed by atoms with Crippen LogP contribution in [0.2, 0.25) is 5.02 Å². The molecule has 3 aromatic rings. The molecule has 1 aromatic heterocycles. The molecule has 2 fully saturated rings. The Morgan fingerprint density at radius 3 is 2.60 bits per heavy atom. The second kappa shape index (κ2) is 7.76. The minimum atomic E-state index is -0.381. The molecule has 0 unspecified atom stereocenters. The highest BCUT2D eigenvalue weighted by molar-refractivity contribution is 7.18. The minimum absolute atomic E-state index is 0.140. The maximum absolute atomic E-state index is 13.1. The zero-order valence-electron chi connectivity index (χ0n) is 16.7. The zero-order valence-corrected chi connectivity index (χ0v) is 18.2. The lowest BCUT2D eigenvalue weighted by molar-refractivity contribution is -0.123. The summed E-state index contributed by atoms with van der Waals surface area (Å²) in [6.07, 6.45) is 2.14. The predicted octanol–water partition coefficient (Wildman–Crippen LogP) is 4.77. The number of imide groups is 1. The van der Waals surface area contributed by atoms with Crippen molar-refractivity contribution in [3.8, 4) is 0 Å². The number of fused-ring (bicyclic) bond motifs is 1. The molecular formula is C23H22ClN3O2S. The van der Waals surface area contributed by atoms with Crippen LogP contribution in [-0.2, 0) is 9.59 Å². The Bertz CT molecular complexity index is 1100. The van der Waals surface area contributed by atoms with Gasteiger partial charge in [-0.2, -0.15) is 0 Å². The fourth-order valence-electron chi connectivity index (χ4n) is 4.42. The number of piperidine rings is 1. The number of nitrogens with zero attached hydrogens (tertiary/aromatic N) is 3. The van der Waals surface area contributed by atoms with Gasteiger partial charge < -0.3 is 0 Å². The predicted molar refractivity (Wildman–Crippen MR) is 120 cm³/mol. The standard InChI is InChI=1S/C23H22ClN3O2S/c1-14-6-7-16(12-17(14)24)27-21(28)13-19(23(27)29)26-10-8-15(9-11-26)22-25-18-4-2-3-5-20(18)30-22/h2-7,12,15,19H,8-11,13H2,1H3/t19-/m1/s1. The Hall–Kier alpha value is -2.28.